The lowest BCUT2D eigenvalue weighted by Gasteiger charge is -1.96. The minimum Gasteiger partial charge on any atom is -0.337 e. The average molecular weight is 127 g/mol. The van der Waals surface area contributed by atoms with Crippen LogP contribution in [0.1, 0.15) is 6.42 Å². The molecule has 1 heterocycles. The predicted octanol–water partition coefficient (Wildman–Crippen LogP) is 1.70. The Balaban J connectivity index is 2.31. The molecule has 0 atom stereocenters. The summed E-state index contributed by atoms with van der Waals surface area (Å²) < 4.78 is 3.07. The van der Waals surface area contributed by atoms with Crippen molar-refractivity contribution >= 4 is 11.9 Å². The molecule has 0 aromatic heterocycles. The molecule has 2 heteroatoms. The fourth-order valence-corrected chi connectivity index (χ4v) is 1.02. The van der Waals surface area contributed by atoms with E-state index in [9.17, 15) is 0 Å². The van der Waals surface area contributed by atoms with Crippen molar-refractivity contribution in [3.05, 3.63) is 24.4 Å². The van der Waals surface area contributed by atoms with Crippen LogP contribution in [0.2, 0.25) is 0 Å². The standard InChI is InChI=1S/C6H9NS/c1-2-4-6-8-7-5-3-1/h2-5,7H,1,6H2. The van der Waals surface area contributed by atoms with Crippen LogP contribution < -0.4 is 4.72 Å². The maximum absolute atomic E-state index is 3.07. The normalized spacial score (nSPS) is 19.0. The summed E-state index contributed by atoms with van der Waals surface area (Å²) in [5.41, 5.74) is 0. The molecule has 0 aromatic carbocycles. The van der Waals surface area contributed by atoms with Crippen molar-refractivity contribution in [1.82, 2.24) is 4.72 Å². The van der Waals surface area contributed by atoms with Gasteiger partial charge < -0.3 is 4.72 Å². The summed E-state index contributed by atoms with van der Waals surface area (Å²) in [5, 5.41) is 0. The van der Waals surface area contributed by atoms with E-state index in [1.807, 2.05) is 6.20 Å². The molecule has 0 spiro atoms. The van der Waals surface area contributed by atoms with Crippen LogP contribution in [0.5, 0.6) is 0 Å². The van der Waals surface area contributed by atoms with Crippen LogP contribution >= 0.6 is 11.9 Å². The lowest BCUT2D eigenvalue weighted by Crippen LogP contribution is -1.92. The molecule has 0 saturated heterocycles. The van der Waals surface area contributed by atoms with E-state index in [1.165, 1.54) is 0 Å². The first-order chi connectivity index (χ1) is 4.00. The lowest BCUT2D eigenvalue weighted by molar-refractivity contribution is 1.29. The second-order valence-corrected chi connectivity index (χ2v) is 2.40. The van der Waals surface area contributed by atoms with Gasteiger partial charge in [-0.1, -0.05) is 18.2 Å². The molecule has 0 radical (unpaired) electrons. The van der Waals surface area contributed by atoms with Gasteiger partial charge in [0, 0.05) is 12.0 Å². The van der Waals surface area contributed by atoms with E-state index in [0.29, 0.717) is 0 Å². The Hall–Kier alpha value is -0.370. The zero-order chi connectivity index (χ0) is 5.66. The number of hydrogen-bond acceptors (Lipinski definition) is 2. The van der Waals surface area contributed by atoms with Crippen LogP contribution in [-0.4, -0.2) is 5.75 Å². The van der Waals surface area contributed by atoms with Crippen LogP contribution in [0, 0.1) is 0 Å². The highest BCUT2D eigenvalue weighted by atomic mass is 32.2. The molecule has 0 aromatic rings. The molecule has 0 unspecified atom stereocenters. The minimum absolute atomic E-state index is 1.06. The second-order valence-electron chi connectivity index (χ2n) is 1.54. The number of hydrogen-bond donors (Lipinski definition) is 1. The topological polar surface area (TPSA) is 12.0 Å². The molecule has 8 heavy (non-hydrogen) atoms. The molecule has 0 fully saturated rings. The molecule has 0 aliphatic carbocycles. The van der Waals surface area contributed by atoms with Crippen LogP contribution in [0.3, 0.4) is 0 Å². The average Bonchev–Trinajstić information content (AvgIpc) is 1.62. The highest BCUT2D eigenvalue weighted by Gasteiger charge is 1.80. The minimum atomic E-state index is 1.06. The third-order valence-corrected chi connectivity index (χ3v) is 1.55. The summed E-state index contributed by atoms with van der Waals surface area (Å²) in [6.07, 6.45) is 9.48. The van der Waals surface area contributed by atoms with Gasteiger partial charge in [0.25, 0.3) is 0 Å². The molecule has 1 nitrogen and oxygen atoms in total. The summed E-state index contributed by atoms with van der Waals surface area (Å²) in [6.45, 7) is 0. The molecule has 1 aliphatic heterocycles. The summed E-state index contributed by atoms with van der Waals surface area (Å²) in [7, 11) is 0. The first-order valence-corrected chi connectivity index (χ1v) is 3.66. The Bertz CT molecular complexity index is 95.1. The van der Waals surface area contributed by atoms with Gasteiger partial charge in [-0.3, -0.25) is 0 Å². The fourth-order valence-electron chi connectivity index (χ4n) is 0.503. The molecule has 0 bridgehead atoms. The van der Waals surface area contributed by atoms with Gasteiger partial charge in [-0.05, 0) is 18.4 Å². The van der Waals surface area contributed by atoms with E-state index in [0.717, 1.165) is 12.2 Å². The SMILES string of the molecule is C1=CCSNC=CC1. The molecular weight excluding hydrogens is 118 g/mol. The predicted molar refractivity (Wildman–Crippen MR) is 38.5 cm³/mol. The van der Waals surface area contributed by atoms with Crippen LogP contribution in [-0.2, 0) is 0 Å². The van der Waals surface area contributed by atoms with Crippen molar-refractivity contribution in [2.24, 2.45) is 0 Å². The van der Waals surface area contributed by atoms with Gasteiger partial charge in [0.05, 0.1) is 0 Å². The quantitative estimate of drug-likeness (QED) is 0.392. The highest BCUT2D eigenvalue weighted by Crippen LogP contribution is 1.98. The lowest BCUT2D eigenvalue weighted by atomic mass is 10.4. The monoisotopic (exact) mass is 127 g/mol. The third kappa shape index (κ3) is 2.07. The Morgan fingerprint density at radius 1 is 1.25 bits per heavy atom. The van der Waals surface area contributed by atoms with Crippen molar-refractivity contribution in [1.29, 1.82) is 0 Å². The summed E-state index contributed by atoms with van der Waals surface area (Å²) >= 11 is 1.71. The number of rotatable bonds is 0. The van der Waals surface area contributed by atoms with Gasteiger partial charge in [0.1, 0.15) is 0 Å². The van der Waals surface area contributed by atoms with Gasteiger partial charge in [0.15, 0.2) is 0 Å². The van der Waals surface area contributed by atoms with E-state index >= 15 is 0 Å². The molecule has 1 aliphatic rings. The van der Waals surface area contributed by atoms with Crippen molar-refractivity contribution in [3.63, 3.8) is 0 Å². The molecule has 44 valence electrons. The van der Waals surface area contributed by atoms with Crippen molar-refractivity contribution in [2.75, 3.05) is 5.75 Å². The van der Waals surface area contributed by atoms with E-state index in [4.69, 9.17) is 0 Å². The Labute approximate surface area is 54.0 Å². The van der Waals surface area contributed by atoms with Crippen LogP contribution in [0.25, 0.3) is 0 Å². The first-order valence-electron chi connectivity index (χ1n) is 2.67. The molecule has 1 N–H and O–H groups in total. The maximum Gasteiger partial charge on any atom is 0.0312 e. The molecule has 1 rings (SSSR count). The Morgan fingerprint density at radius 2 is 2.25 bits per heavy atom. The van der Waals surface area contributed by atoms with E-state index in [2.05, 4.69) is 23.0 Å². The maximum atomic E-state index is 3.07. The van der Waals surface area contributed by atoms with Gasteiger partial charge >= 0.3 is 0 Å². The summed E-state index contributed by atoms with van der Waals surface area (Å²) in [5.74, 6) is 1.07. The summed E-state index contributed by atoms with van der Waals surface area (Å²) in [4.78, 5) is 0. The zero-order valence-electron chi connectivity index (χ0n) is 4.63. The van der Waals surface area contributed by atoms with Gasteiger partial charge in [0.2, 0.25) is 0 Å². The highest BCUT2D eigenvalue weighted by molar-refractivity contribution is 7.97. The summed E-state index contributed by atoms with van der Waals surface area (Å²) in [6, 6.07) is 0. The van der Waals surface area contributed by atoms with E-state index < -0.39 is 0 Å². The van der Waals surface area contributed by atoms with E-state index in [1.54, 1.807) is 11.9 Å². The smallest absolute Gasteiger partial charge is 0.0312 e. The van der Waals surface area contributed by atoms with Gasteiger partial charge in [-0.2, -0.15) is 0 Å². The van der Waals surface area contributed by atoms with Crippen molar-refractivity contribution in [3.8, 4) is 0 Å². The third-order valence-electron chi connectivity index (χ3n) is 0.888. The van der Waals surface area contributed by atoms with Gasteiger partial charge in [-0.15, -0.1) is 0 Å². The van der Waals surface area contributed by atoms with Gasteiger partial charge in [-0.25, -0.2) is 0 Å². The molecule has 0 saturated carbocycles. The van der Waals surface area contributed by atoms with Crippen LogP contribution in [0.4, 0.5) is 0 Å². The molecule has 0 amide bonds. The number of nitrogens with one attached hydrogen (secondary N) is 1. The molecular formula is C6H9NS. The zero-order valence-corrected chi connectivity index (χ0v) is 5.45. The Morgan fingerprint density at radius 3 is 3.25 bits per heavy atom. The second kappa shape index (κ2) is 3.61. The Kier molecular flexibility index (Phi) is 2.60. The van der Waals surface area contributed by atoms with Crippen molar-refractivity contribution < 1.29 is 0 Å². The first kappa shape index (κ1) is 5.76. The number of allylic oxidation sites excluding steroid dienone is 2. The van der Waals surface area contributed by atoms with Crippen LogP contribution in [0.15, 0.2) is 24.4 Å². The van der Waals surface area contributed by atoms with E-state index in [-0.39, 0.29) is 0 Å². The largest absolute Gasteiger partial charge is 0.337 e. The fraction of sp³-hybridized carbons (Fsp3) is 0.333. The van der Waals surface area contributed by atoms with Crippen molar-refractivity contribution in [2.45, 2.75) is 6.42 Å².